The number of ether oxygens (including phenoxy) is 1. The third-order valence-electron chi connectivity index (χ3n) is 6.20. The number of carbonyl (C=O) groups excluding carboxylic acids is 2. The number of anilines is 1. The van der Waals surface area contributed by atoms with Gasteiger partial charge in [-0.2, -0.15) is 0 Å². The molecule has 3 atom stereocenters. The number of fused-ring (bicyclic) bond motifs is 4. The van der Waals surface area contributed by atoms with Crippen molar-refractivity contribution < 1.29 is 14.3 Å². The summed E-state index contributed by atoms with van der Waals surface area (Å²) >= 11 is 0.983. The highest BCUT2D eigenvalue weighted by molar-refractivity contribution is 7.10. The predicted octanol–water partition coefficient (Wildman–Crippen LogP) is 1.26. The van der Waals surface area contributed by atoms with Crippen molar-refractivity contribution in [1.82, 2.24) is 24.4 Å². The average molecular weight is 445 g/mol. The molecule has 5 heterocycles. The van der Waals surface area contributed by atoms with E-state index in [0.29, 0.717) is 31.2 Å². The summed E-state index contributed by atoms with van der Waals surface area (Å²) in [5, 5.41) is 9.86. The quantitative estimate of drug-likeness (QED) is 0.733. The summed E-state index contributed by atoms with van der Waals surface area (Å²) in [4.78, 5) is 39.4. The summed E-state index contributed by atoms with van der Waals surface area (Å²) in [7, 11) is 0. The third-order valence-corrected chi connectivity index (χ3v) is 6.85. The molecule has 0 spiro atoms. The highest BCUT2D eigenvalue weighted by Gasteiger charge is 2.36. The fraction of sp³-hybridized carbons (Fsp3) is 0.550. The Morgan fingerprint density at radius 2 is 2.16 bits per heavy atom. The first-order valence-corrected chi connectivity index (χ1v) is 11.3. The molecule has 3 aliphatic rings. The van der Waals surface area contributed by atoms with Gasteiger partial charge in [0.2, 0.25) is 0 Å². The van der Waals surface area contributed by atoms with E-state index in [1.807, 2.05) is 10.6 Å². The van der Waals surface area contributed by atoms with Crippen molar-refractivity contribution in [3.05, 3.63) is 39.9 Å². The summed E-state index contributed by atoms with van der Waals surface area (Å²) in [6.07, 6.45) is 2.91. The Balaban J connectivity index is 1.24. The Morgan fingerprint density at radius 3 is 3.00 bits per heavy atom. The van der Waals surface area contributed by atoms with Gasteiger partial charge in [0.25, 0.3) is 11.5 Å². The predicted molar refractivity (Wildman–Crippen MR) is 113 cm³/mol. The summed E-state index contributed by atoms with van der Waals surface area (Å²) in [5.41, 5.74) is 1.11. The molecule has 2 N–H and O–H groups in total. The molecule has 2 aromatic heterocycles. The van der Waals surface area contributed by atoms with Gasteiger partial charge in [0, 0.05) is 62.0 Å². The van der Waals surface area contributed by atoms with Crippen molar-refractivity contribution in [2.75, 3.05) is 31.6 Å². The second-order valence-electron chi connectivity index (χ2n) is 8.33. The number of carbonyl (C=O) groups is 2. The average Bonchev–Trinajstić information content (AvgIpc) is 3.45. The van der Waals surface area contributed by atoms with Gasteiger partial charge in [0.1, 0.15) is 0 Å². The summed E-state index contributed by atoms with van der Waals surface area (Å²) in [6, 6.07) is 5.04. The van der Waals surface area contributed by atoms with E-state index in [9.17, 15) is 14.4 Å². The van der Waals surface area contributed by atoms with Crippen molar-refractivity contribution in [3.8, 4) is 0 Å². The summed E-state index contributed by atoms with van der Waals surface area (Å²) in [5.74, 6) is -0.0184. The third kappa shape index (κ3) is 4.07. The number of urea groups is 1. The Morgan fingerprint density at radius 1 is 1.26 bits per heavy atom. The minimum Gasteiger partial charge on any atom is -0.376 e. The zero-order chi connectivity index (χ0) is 21.4. The van der Waals surface area contributed by atoms with E-state index in [0.717, 1.165) is 43.1 Å². The van der Waals surface area contributed by atoms with Crippen LogP contribution in [0.1, 0.15) is 41.4 Å². The highest BCUT2D eigenvalue weighted by atomic mass is 32.1. The first-order chi connectivity index (χ1) is 15.1. The van der Waals surface area contributed by atoms with Crippen molar-refractivity contribution in [1.29, 1.82) is 0 Å². The largest absolute Gasteiger partial charge is 0.376 e. The molecule has 0 aromatic carbocycles. The minimum absolute atomic E-state index is 0.0134. The molecule has 2 saturated heterocycles. The van der Waals surface area contributed by atoms with Gasteiger partial charge in [0.05, 0.1) is 6.10 Å². The number of aromatic nitrogens is 3. The summed E-state index contributed by atoms with van der Waals surface area (Å²) in [6.45, 7) is 2.85. The van der Waals surface area contributed by atoms with E-state index in [2.05, 4.69) is 20.2 Å². The fourth-order valence-corrected chi connectivity index (χ4v) is 5.31. The van der Waals surface area contributed by atoms with E-state index < -0.39 is 0 Å². The van der Waals surface area contributed by atoms with E-state index in [4.69, 9.17) is 4.74 Å². The van der Waals surface area contributed by atoms with Gasteiger partial charge in [-0.15, -0.1) is 5.10 Å². The van der Waals surface area contributed by atoms with Crippen molar-refractivity contribution in [2.45, 2.75) is 37.8 Å². The number of pyridine rings is 1. The molecule has 2 aromatic rings. The molecular formula is C20H24N6O4S. The molecule has 5 rings (SSSR count). The van der Waals surface area contributed by atoms with Gasteiger partial charge >= 0.3 is 6.03 Å². The van der Waals surface area contributed by atoms with Gasteiger partial charge in [-0.05, 0) is 31.2 Å². The first kappa shape index (κ1) is 20.1. The van der Waals surface area contributed by atoms with Crippen LogP contribution >= 0.6 is 11.5 Å². The molecule has 10 nitrogen and oxygen atoms in total. The molecule has 3 amide bonds. The lowest BCUT2D eigenvalue weighted by molar-refractivity contribution is 0.0854. The summed E-state index contributed by atoms with van der Waals surface area (Å²) < 4.78 is 11.2. The molecule has 2 bridgehead atoms. The molecule has 0 aliphatic carbocycles. The van der Waals surface area contributed by atoms with E-state index >= 15 is 0 Å². The molecular weight excluding hydrogens is 420 g/mol. The molecule has 0 saturated carbocycles. The molecule has 164 valence electrons. The van der Waals surface area contributed by atoms with Crippen LogP contribution < -0.4 is 16.2 Å². The Bertz CT molecular complexity index is 1050. The second-order valence-corrected chi connectivity index (χ2v) is 9.08. The number of likely N-dealkylation sites (tertiary alicyclic amines) is 1. The fourth-order valence-electron chi connectivity index (χ4n) is 4.76. The molecule has 0 radical (unpaired) electrons. The van der Waals surface area contributed by atoms with Gasteiger partial charge in [-0.3, -0.25) is 14.9 Å². The Hall–Kier alpha value is -2.79. The monoisotopic (exact) mass is 444 g/mol. The van der Waals surface area contributed by atoms with Crippen LogP contribution in [0.25, 0.3) is 0 Å². The zero-order valence-electron chi connectivity index (χ0n) is 17.0. The number of rotatable bonds is 4. The maximum Gasteiger partial charge on any atom is 0.322 e. The van der Waals surface area contributed by atoms with Crippen molar-refractivity contribution >= 4 is 28.5 Å². The van der Waals surface area contributed by atoms with Crippen LogP contribution in [-0.4, -0.2) is 63.3 Å². The number of nitrogens with one attached hydrogen (secondary N) is 2. The van der Waals surface area contributed by atoms with Crippen molar-refractivity contribution in [2.24, 2.45) is 5.92 Å². The number of hydrogen-bond acceptors (Lipinski definition) is 7. The number of hydrogen-bond donors (Lipinski definition) is 2. The molecule has 3 unspecified atom stereocenters. The number of nitrogens with zero attached hydrogens (tertiary/aromatic N) is 4. The van der Waals surface area contributed by atoms with Crippen LogP contribution in [0.15, 0.2) is 23.0 Å². The topological polar surface area (TPSA) is 118 Å². The maximum absolute atomic E-state index is 13.0. The van der Waals surface area contributed by atoms with Gasteiger partial charge in [0.15, 0.2) is 10.7 Å². The Kier molecular flexibility index (Phi) is 5.45. The standard InChI is InChI=1S/C20H24N6O4S/c27-16-5-1-4-15-13-7-12(10-26(15)16)9-25(11-13)20(29)22-19-17(23-24-31-19)18(28)21-8-14-3-2-6-30-14/h1,4-5,12-14H,2-3,6-11H2,(H,21,28)(H,22,29). The SMILES string of the molecule is O=C(NCC1CCCO1)c1nnsc1NC(=O)N1CC2CC(C1)c1cccc(=O)n1C2. The van der Waals surface area contributed by atoms with E-state index in [1.54, 1.807) is 17.0 Å². The molecule has 3 aliphatic heterocycles. The highest BCUT2D eigenvalue weighted by Crippen LogP contribution is 2.35. The molecule has 31 heavy (non-hydrogen) atoms. The maximum atomic E-state index is 13.0. The van der Waals surface area contributed by atoms with Crippen LogP contribution in [-0.2, 0) is 11.3 Å². The number of amides is 3. The molecule has 11 heteroatoms. The van der Waals surface area contributed by atoms with E-state index in [1.165, 1.54) is 0 Å². The number of piperidine rings is 1. The van der Waals surface area contributed by atoms with Crippen LogP contribution in [0.5, 0.6) is 0 Å². The van der Waals surface area contributed by atoms with Crippen LogP contribution in [0, 0.1) is 5.92 Å². The first-order valence-electron chi connectivity index (χ1n) is 10.6. The smallest absolute Gasteiger partial charge is 0.322 e. The van der Waals surface area contributed by atoms with Crippen LogP contribution in [0.4, 0.5) is 9.80 Å². The van der Waals surface area contributed by atoms with Gasteiger partial charge in [-0.1, -0.05) is 10.6 Å². The normalized spacial score (nSPS) is 24.5. The van der Waals surface area contributed by atoms with Gasteiger partial charge < -0.3 is 19.5 Å². The van der Waals surface area contributed by atoms with Crippen molar-refractivity contribution in [3.63, 3.8) is 0 Å². The lowest BCUT2D eigenvalue weighted by Gasteiger charge is -2.42. The lowest BCUT2D eigenvalue weighted by atomic mass is 9.83. The van der Waals surface area contributed by atoms with Crippen LogP contribution in [0.3, 0.4) is 0 Å². The zero-order valence-corrected chi connectivity index (χ0v) is 17.8. The van der Waals surface area contributed by atoms with Gasteiger partial charge in [-0.25, -0.2) is 4.79 Å². The van der Waals surface area contributed by atoms with E-state index in [-0.39, 0.29) is 41.1 Å². The second kappa shape index (κ2) is 8.39. The Labute approximate surface area is 182 Å². The molecule has 2 fully saturated rings. The minimum atomic E-state index is -0.372. The van der Waals surface area contributed by atoms with Crippen LogP contribution in [0.2, 0.25) is 0 Å². The lowest BCUT2D eigenvalue weighted by Crippen LogP contribution is -2.50.